The molecule has 1 aliphatic rings. The Morgan fingerprint density at radius 2 is 1.77 bits per heavy atom. The van der Waals surface area contributed by atoms with Gasteiger partial charge >= 0.3 is 0 Å². The van der Waals surface area contributed by atoms with Gasteiger partial charge in [-0.3, -0.25) is 4.79 Å². The van der Waals surface area contributed by atoms with Gasteiger partial charge in [0.15, 0.2) is 5.17 Å². The smallest absolute Gasteiger partial charge is 0.264 e. The molecule has 7 heteroatoms. The summed E-state index contributed by atoms with van der Waals surface area (Å²) >= 11 is 7.05. The molecule has 0 unspecified atom stereocenters. The molecule has 150 valence electrons. The Balaban J connectivity index is 1.41. The van der Waals surface area contributed by atoms with E-state index in [1.54, 1.807) is 24.3 Å². The van der Waals surface area contributed by atoms with Gasteiger partial charge in [-0.05, 0) is 65.4 Å². The zero-order chi connectivity index (χ0) is 20.9. The van der Waals surface area contributed by atoms with Crippen molar-refractivity contribution in [1.82, 2.24) is 5.32 Å². The van der Waals surface area contributed by atoms with Crippen LogP contribution >= 0.6 is 23.4 Å². The van der Waals surface area contributed by atoms with Crippen LogP contribution in [0, 0.1) is 5.82 Å². The Hall–Kier alpha value is -3.09. The fourth-order valence-electron chi connectivity index (χ4n) is 2.69. The summed E-state index contributed by atoms with van der Waals surface area (Å²) in [7, 11) is 0. The number of ether oxygens (including phenoxy) is 1. The summed E-state index contributed by atoms with van der Waals surface area (Å²) in [5.41, 5.74) is 2.05. The maximum atomic E-state index is 13.7. The number of halogens is 2. The fraction of sp³-hybridized carbons (Fsp3) is 0.0435. The normalized spacial score (nSPS) is 16.1. The first-order chi connectivity index (χ1) is 14.6. The number of thioether (sulfide) groups is 1. The molecule has 30 heavy (non-hydrogen) atoms. The number of nitrogens with zero attached hydrogens (tertiary/aromatic N) is 1. The molecule has 0 saturated carbocycles. The SMILES string of the molecule is O=C1NC(=Nc2ccccc2F)S/C1=C\c1ccc(OCc2ccc(Cl)cc2)cc1. The first-order valence-electron chi connectivity index (χ1n) is 9.08. The highest BCUT2D eigenvalue weighted by molar-refractivity contribution is 8.18. The Morgan fingerprint density at radius 1 is 1.03 bits per heavy atom. The van der Waals surface area contributed by atoms with E-state index >= 15 is 0 Å². The van der Waals surface area contributed by atoms with Crippen LogP contribution < -0.4 is 10.1 Å². The van der Waals surface area contributed by atoms with Crippen LogP contribution in [0.5, 0.6) is 5.75 Å². The molecule has 1 saturated heterocycles. The van der Waals surface area contributed by atoms with E-state index in [2.05, 4.69) is 10.3 Å². The Kier molecular flexibility index (Phi) is 6.16. The van der Waals surface area contributed by atoms with E-state index in [0.717, 1.165) is 16.9 Å². The molecule has 1 heterocycles. The third kappa shape index (κ3) is 5.09. The van der Waals surface area contributed by atoms with Crippen LogP contribution in [0.3, 0.4) is 0 Å². The highest BCUT2D eigenvalue weighted by Crippen LogP contribution is 2.29. The summed E-state index contributed by atoms with van der Waals surface area (Å²) in [5, 5.41) is 3.69. The minimum Gasteiger partial charge on any atom is -0.489 e. The maximum absolute atomic E-state index is 13.7. The number of carbonyl (C=O) groups is 1. The van der Waals surface area contributed by atoms with Gasteiger partial charge in [0.25, 0.3) is 5.91 Å². The Morgan fingerprint density at radius 3 is 2.50 bits per heavy atom. The van der Waals surface area contributed by atoms with Gasteiger partial charge in [-0.1, -0.05) is 48.0 Å². The molecule has 1 N–H and O–H groups in total. The molecule has 0 atom stereocenters. The molecule has 0 bridgehead atoms. The lowest BCUT2D eigenvalue weighted by molar-refractivity contribution is -0.115. The van der Waals surface area contributed by atoms with E-state index < -0.39 is 5.82 Å². The number of rotatable bonds is 5. The van der Waals surface area contributed by atoms with Crippen molar-refractivity contribution in [2.75, 3.05) is 0 Å². The van der Waals surface area contributed by atoms with E-state index in [1.165, 1.54) is 17.8 Å². The van der Waals surface area contributed by atoms with Crippen molar-refractivity contribution in [2.24, 2.45) is 4.99 Å². The predicted molar refractivity (Wildman–Crippen MR) is 119 cm³/mol. The molecule has 1 fully saturated rings. The molecular formula is C23H16ClFN2O2S. The van der Waals surface area contributed by atoms with Crippen LogP contribution in [0.15, 0.2) is 82.7 Å². The van der Waals surface area contributed by atoms with Crippen molar-refractivity contribution in [1.29, 1.82) is 0 Å². The number of carbonyl (C=O) groups excluding carboxylic acids is 1. The number of amidine groups is 1. The summed E-state index contributed by atoms with van der Waals surface area (Å²) in [6.07, 6.45) is 1.76. The Labute approximate surface area is 182 Å². The maximum Gasteiger partial charge on any atom is 0.264 e. The monoisotopic (exact) mass is 438 g/mol. The summed E-state index contributed by atoms with van der Waals surface area (Å²) in [4.78, 5) is 16.9. The average molecular weight is 439 g/mol. The first-order valence-corrected chi connectivity index (χ1v) is 10.3. The van der Waals surface area contributed by atoms with Crippen molar-refractivity contribution in [2.45, 2.75) is 6.61 Å². The van der Waals surface area contributed by atoms with Gasteiger partial charge in [-0.25, -0.2) is 9.38 Å². The van der Waals surface area contributed by atoms with Gasteiger partial charge in [0, 0.05) is 5.02 Å². The van der Waals surface area contributed by atoms with Gasteiger partial charge < -0.3 is 10.1 Å². The van der Waals surface area contributed by atoms with Crippen molar-refractivity contribution < 1.29 is 13.9 Å². The number of benzene rings is 3. The zero-order valence-electron chi connectivity index (χ0n) is 15.6. The lowest BCUT2D eigenvalue weighted by atomic mass is 10.2. The minimum atomic E-state index is -0.438. The predicted octanol–water partition coefficient (Wildman–Crippen LogP) is 5.95. The molecule has 1 amide bonds. The lowest BCUT2D eigenvalue weighted by Gasteiger charge is -2.06. The van der Waals surface area contributed by atoms with Crippen molar-refractivity contribution >= 4 is 46.2 Å². The van der Waals surface area contributed by atoms with Crippen LogP contribution in [0.2, 0.25) is 5.02 Å². The molecule has 3 aromatic carbocycles. The second-order valence-corrected chi connectivity index (χ2v) is 7.88. The number of hydrogen-bond donors (Lipinski definition) is 1. The van der Waals surface area contributed by atoms with Crippen molar-refractivity contribution in [3.05, 3.63) is 99.7 Å². The lowest BCUT2D eigenvalue weighted by Crippen LogP contribution is -2.19. The third-order valence-electron chi connectivity index (χ3n) is 4.22. The van der Waals surface area contributed by atoms with Crippen LogP contribution in [-0.2, 0) is 11.4 Å². The highest BCUT2D eigenvalue weighted by Gasteiger charge is 2.24. The number of amides is 1. The van der Waals surface area contributed by atoms with Crippen molar-refractivity contribution in [3.8, 4) is 5.75 Å². The molecule has 0 aromatic heterocycles. The van der Waals surface area contributed by atoms with Gasteiger partial charge in [-0.2, -0.15) is 0 Å². The molecule has 3 aromatic rings. The van der Waals surface area contributed by atoms with Crippen molar-refractivity contribution in [3.63, 3.8) is 0 Å². The summed E-state index contributed by atoms with van der Waals surface area (Å²) in [5.74, 6) is 0.0158. The van der Waals surface area contributed by atoms with Gasteiger partial charge in [-0.15, -0.1) is 0 Å². The van der Waals surface area contributed by atoms with Crippen LogP contribution in [0.4, 0.5) is 10.1 Å². The average Bonchev–Trinajstić information content (AvgIpc) is 3.09. The van der Waals surface area contributed by atoms with Gasteiger partial charge in [0.1, 0.15) is 23.9 Å². The second-order valence-electron chi connectivity index (χ2n) is 6.42. The molecule has 1 aliphatic heterocycles. The zero-order valence-corrected chi connectivity index (χ0v) is 17.2. The highest BCUT2D eigenvalue weighted by atomic mass is 35.5. The summed E-state index contributed by atoms with van der Waals surface area (Å²) in [6.45, 7) is 0.436. The molecule has 0 spiro atoms. The molecule has 0 aliphatic carbocycles. The fourth-order valence-corrected chi connectivity index (χ4v) is 3.65. The molecule has 0 radical (unpaired) electrons. The van der Waals surface area contributed by atoms with Crippen LogP contribution in [-0.4, -0.2) is 11.1 Å². The van der Waals surface area contributed by atoms with Crippen LogP contribution in [0.25, 0.3) is 6.08 Å². The number of hydrogen-bond acceptors (Lipinski definition) is 4. The largest absolute Gasteiger partial charge is 0.489 e. The van der Waals surface area contributed by atoms with Gasteiger partial charge in [0.2, 0.25) is 0 Å². The molecule has 4 rings (SSSR count). The van der Waals surface area contributed by atoms with E-state index in [1.807, 2.05) is 48.5 Å². The number of aliphatic imine (C=N–C) groups is 1. The minimum absolute atomic E-state index is 0.184. The summed E-state index contributed by atoms with van der Waals surface area (Å²) in [6, 6.07) is 21.1. The quantitative estimate of drug-likeness (QED) is 0.501. The van der Waals surface area contributed by atoms with E-state index in [4.69, 9.17) is 16.3 Å². The molecular weight excluding hydrogens is 423 g/mol. The Bertz CT molecular complexity index is 1130. The standard InChI is InChI=1S/C23H16ClFN2O2S/c24-17-9-5-16(6-10-17)14-29-18-11-7-15(8-12-18)13-21-22(28)27-23(30-21)26-20-4-2-1-3-19(20)25/h1-13H,14H2,(H,26,27,28)/b21-13-. The van der Waals surface area contributed by atoms with E-state index in [9.17, 15) is 9.18 Å². The number of para-hydroxylation sites is 1. The second kappa shape index (κ2) is 9.15. The van der Waals surface area contributed by atoms with E-state index in [-0.39, 0.29) is 11.6 Å². The number of nitrogens with one attached hydrogen (secondary N) is 1. The first kappa shape index (κ1) is 20.2. The third-order valence-corrected chi connectivity index (χ3v) is 5.38. The topological polar surface area (TPSA) is 50.7 Å². The summed E-state index contributed by atoms with van der Waals surface area (Å²) < 4.78 is 19.5. The molecule has 4 nitrogen and oxygen atoms in total. The van der Waals surface area contributed by atoms with E-state index in [0.29, 0.717) is 21.7 Å². The van der Waals surface area contributed by atoms with Gasteiger partial charge in [0.05, 0.1) is 4.91 Å². The van der Waals surface area contributed by atoms with Crippen LogP contribution in [0.1, 0.15) is 11.1 Å².